The zero-order valence-corrected chi connectivity index (χ0v) is 23.7. The molecule has 3 rings (SSSR count). The van der Waals surface area contributed by atoms with E-state index in [2.05, 4.69) is 21.3 Å². The van der Waals surface area contributed by atoms with Crippen molar-refractivity contribution in [3.05, 3.63) is 58.1 Å². The lowest BCUT2D eigenvalue weighted by atomic mass is 9.84. The monoisotopic (exact) mass is 570 g/mol. The van der Waals surface area contributed by atoms with Crippen molar-refractivity contribution in [1.29, 1.82) is 0 Å². The Hall–Kier alpha value is -4.02. The molecule has 11 nitrogen and oxygen atoms in total. The maximum atomic E-state index is 13.6. The lowest BCUT2D eigenvalue weighted by Gasteiger charge is -2.44. The van der Waals surface area contributed by atoms with Crippen molar-refractivity contribution in [2.24, 2.45) is 5.41 Å². The fourth-order valence-corrected chi connectivity index (χ4v) is 4.62. The average molecular weight is 571 g/mol. The van der Waals surface area contributed by atoms with E-state index in [0.29, 0.717) is 11.8 Å². The van der Waals surface area contributed by atoms with E-state index >= 15 is 0 Å². The molecule has 1 fully saturated rings. The van der Waals surface area contributed by atoms with Gasteiger partial charge in [0.2, 0.25) is 11.8 Å². The molecule has 0 aromatic carbocycles. The number of carboxylic acid groups (broad SMARTS) is 1. The molecule has 12 heteroatoms. The summed E-state index contributed by atoms with van der Waals surface area (Å²) < 4.78 is 23.1. The maximum Gasteiger partial charge on any atom is 0.303 e. The van der Waals surface area contributed by atoms with Gasteiger partial charge >= 0.3 is 5.97 Å². The van der Waals surface area contributed by atoms with Gasteiger partial charge in [-0.1, -0.05) is 50.8 Å². The molecule has 3 atom stereocenters. The van der Waals surface area contributed by atoms with Crippen molar-refractivity contribution in [3.8, 4) is 0 Å². The Morgan fingerprint density at radius 2 is 1.93 bits per heavy atom. The van der Waals surface area contributed by atoms with Crippen LogP contribution in [-0.2, 0) is 24.2 Å². The Morgan fingerprint density at radius 3 is 2.52 bits per heavy atom. The number of amides is 3. The van der Waals surface area contributed by atoms with Gasteiger partial charge in [-0.15, -0.1) is 0 Å². The average Bonchev–Trinajstić information content (AvgIpc) is 3.06. The van der Waals surface area contributed by atoms with Crippen LogP contribution in [0.3, 0.4) is 0 Å². The van der Waals surface area contributed by atoms with Gasteiger partial charge in [0.05, 0.1) is 0 Å². The van der Waals surface area contributed by atoms with E-state index in [4.69, 9.17) is 5.11 Å². The molecule has 2 heterocycles. The summed E-state index contributed by atoms with van der Waals surface area (Å²) in [4.78, 5) is 56.6. The third kappa shape index (κ3) is 8.24. The summed E-state index contributed by atoms with van der Waals surface area (Å²) in [5.74, 6) is -2.62. The summed E-state index contributed by atoms with van der Waals surface area (Å²) in [7, 11) is -3.50. The first-order chi connectivity index (χ1) is 18.7. The molecule has 1 aliphatic heterocycles. The van der Waals surface area contributed by atoms with E-state index in [1.54, 1.807) is 45.1 Å². The molecule has 1 aromatic heterocycles. The topological polar surface area (TPSA) is 163 Å². The molecule has 3 amide bonds. The van der Waals surface area contributed by atoms with Gasteiger partial charge < -0.3 is 20.6 Å². The van der Waals surface area contributed by atoms with Crippen molar-refractivity contribution in [2.45, 2.75) is 58.2 Å². The number of likely N-dealkylation sites (tertiary alicyclic amines) is 1. The number of hydrogen-bond acceptors (Lipinski definition) is 7. The normalized spacial score (nSPS) is 17.9. The van der Waals surface area contributed by atoms with Crippen LogP contribution in [0.5, 0.6) is 0 Å². The lowest BCUT2D eigenvalue weighted by Crippen LogP contribution is -2.65. The second kappa shape index (κ2) is 12.4. The predicted molar refractivity (Wildman–Crippen MR) is 149 cm³/mol. The number of carbonyl (C=O) groups is 4. The second-order valence-corrected chi connectivity index (χ2v) is 12.7. The Balaban J connectivity index is 1.76. The highest BCUT2D eigenvalue weighted by Gasteiger charge is 2.44. The van der Waals surface area contributed by atoms with Crippen molar-refractivity contribution < 1.29 is 32.7 Å². The summed E-state index contributed by atoms with van der Waals surface area (Å²) in [6, 6.07) is 0.637. The van der Waals surface area contributed by atoms with Gasteiger partial charge in [0, 0.05) is 35.9 Å². The Morgan fingerprint density at radius 1 is 1.20 bits per heavy atom. The second-order valence-electron chi connectivity index (χ2n) is 10.8. The van der Waals surface area contributed by atoms with E-state index in [1.807, 2.05) is 12.2 Å². The van der Waals surface area contributed by atoms with Gasteiger partial charge in [0.15, 0.2) is 9.84 Å². The molecule has 0 spiro atoms. The number of aromatic nitrogens is 1. The van der Waals surface area contributed by atoms with E-state index in [-0.39, 0.29) is 25.1 Å². The Kier molecular flexibility index (Phi) is 9.49. The SMILES string of the molecule is CC(C)(C)[C@H](NC(=O)c1ccc2c(n1)=C=CC=CC=2)C(=O)N1CC[C@@H]1C(=O)N[C@H](/C=C/S(C)(=O)=O)CCC(=O)O. The number of sulfone groups is 1. The standard InChI is InChI=1S/C28H34N4O7S/c1-28(2,3)24(31-25(35)21-12-10-18-8-6-5-7-9-20(18)30-21)27(37)32-16-14-22(32)26(36)29-19(11-13-23(33)34)15-17-40(4,38)39/h5-8,10,12,15,17,19,22,24H,11,13-14,16H2,1-4H3,(H,29,36)(H,31,35)(H,33,34)/b17-15+/t19-,22+,24+/m0/s1. The van der Waals surface area contributed by atoms with Gasteiger partial charge in [-0.25, -0.2) is 13.4 Å². The van der Waals surface area contributed by atoms with E-state index in [1.165, 1.54) is 11.0 Å². The summed E-state index contributed by atoms with van der Waals surface area (Å²) in [6.45, 7) is 5.68. The molecule has 3 N–H and O–H groups in total. The molecule has 0 unspecified atom stereocenters. The van der Waals surface area contributed by atoms with Gasteiger partial charge in [0.25, 0.3) is 5.91 Å². The molecule has 1 aliphatic carbocycles. The minimum atomic E-state index is -3.50. The summed E-state index contributed by atoms with van der Waals surface area (Å²) in [5.41, 5.74) is 2.42. The fraction of sp³-hybridized carbons (Fsp3) is 0.429. The molecule has 1 aromatic rings. The Labute approximate surface area is 233 Å². The van der Waals surface area contributed by atoms with E-state index in [9.17, 15) is 27.6 Å². The number of nitrogens with zero attached hydrogens (tertiary/aromatic N) is 2. The van der Waals surface area contributed by atoms with Crippen LogP contribution in [0.15, 0.2) is 41.8 Å². The molecule has 2 aliphatic rings. The van der Waals surface area contributed by atoms with Crippen LogP contribution < -0.4 is 21.2 Å². The molecule has 40 heavy (non-hydrogen) atoms. The van der Waals surface area contributed by atoms with Crippen LogP contribution in [0.2, 0.25) is 0 Å². The van der Waals surface area contributed by atoms with Crippen LogP contribution in [0.25, 0.3) is 11.8 Å². The molecule has 0 saturated carbocycles. The molecular weight excluding hydrogens is 536 g/mol. The van der Waals surface area contributed by atoms with Crippen LogP contribution in [0, 0.1) is 5.41 Å². The first-order valence-electron chi connectivity index (χ1n) is 12.8. The van der Waals surface area contributed by atoms with Crippen LogP contribution in [-0.4, -0.2) is 78.0 Å². The molecular formula is C28H34N4O7S. The number of carboxylic acids is 1. The summed E-state index contributed by atoms with van der Waals surface area (Å²) >= 11 is 0. The third-order valence-corrected chi connectivity index (χ3v) is 7.06. The molecule has 1 saturated heterocycles. The molecule has 0 radical (unpaired) electrons. The highest BCUT2D eigenvalue weighted by Crippen LogP contribution is 2.26. The van der Waals surface area contributed by atoms with Crippen LogP contribution in [0.4, 0.5) is 0 Å². The fourth-order valence-electron chi connectivity index (χ4n) is 4.14. The third-order valence-electron chi connectivity index (χ3n) is 6.41. The van der Waals surface area contributed by atoms with Gasteiger partial charge in [-0.2, -0.15) is 0 Å². The summed E-state index contributed by atoms with van der Waals surface area (Å²) in [5, 5.41) is 16.6. The zero-order valence-electron chi connectivity index (χ0n) is 22.9. The quantitative estimate of drug-likeness (QED) is 0.355. The number of hydrogen-bond donors (Lipinski definition) is 3. The van der Waals surface area contributed by atoms with Gasteiger partial charge in [-0.3, -0.25) is 19.2 Å². The highest BCUT2D eigenvalue weighted by molar-refractivity contribution is 7.93. The van der Waals surface area contributed by atoms with Gasteiger partial charge in [-0.05, 0) is 36.5 Å². The largest absolute Gasteiger partial charge is 0.481 e. The molecule has 214 valence electrons. The van der Waals surface area contributed by atoms with Gasteiger partial charge in [0.1, 0.15) is 23.1 Å². The number of nitrogens with one attached hydrogen (secondary N) is 2. The Bertz CT molecular complexity index is 1520. The van der Waals surface area contributed by atoms with Crippen molar-refractivity contribution in [3.63, 3.8) is 0 Å². The summed E-state index contributed by atoms with van der Waals surface area (Å²) in [6.07, 6.45) is 9.44. The lowest BCUT2D eigenvalue weighted by molar-refractivity contribution is -0.151. The first kappa shape index (κ1) is 30.5. The van der Waals surface area contributed by atoms with Crippen LogP contribution >= 0.6 is 0 Å². The predicted octanol–water partition coefficient (Wildman–Crippen LogP) is 0.0208. The molecule has 0 bridgehead atoms. The minimum absolute atomic E-state index is 0.0251. The maximum absolute atomic E-state index is 13.6. The number of fused-ring (bicyclic) bond motifs is 1. The van der Waals surface area contributed by atoms with Crippen molar-refractivity contribution in [2.75, 3.05) is 12.8 Å². The smallest absolute Gasteiger partial charge is 0.303 e. The minimum Gasteiger partial charge on any atom is -0.481 e. The number of allylic oxidation sites excluding steroid dienone is 3. The number of pyridine rings is 1. The van der Waals surface area contributed by atoms with Crippen LogP contribution in [0.1, 0.15) is 50.5 Å². The zero-order chi connectivity index (χ0) is 29.7. The van der Waals surface area contributed by atoms with Crippen molar-refractivity contribution in [1.82, 2.24) is 20.5 Å². The number of rotatable bonds is 10. The first-order valence-corrected chi connectivity index (χ1v) is 14.7. The van der Waals surface area contributed by atoms with E-state index in [0.717, 1.165) is 16.9 Å². The number of aliphatic carboxylic acids is 1. The highest BCUT2D eigenvalue weighted by atomic mass is 32.2. The number of carbonyl (C=O) groups excluding carboxylic acids is 3. The van der Waals surface area contributed by atoms with E-state index < -0.39 is 57.1 Å². The van der Waals surface area contributed by atoms with Crippen molar-refractivity contribution >= 4 is 45.3 Å².